The number of carbonyl (C=O) groups is 1. The predicted octanol–water partition coefficient (Wildman–Crippen LogP) is 0.346. The van der Waals surface area contributed by atoms with E-state index in [2.05, 4.69) is 20.6 Å². The molecule has 0 aliphatic carbocycles. The van der Waals surface area contributed by atoms with Crippen LogP contribution in [0, 0.1) is 0 Å². The SMILES string of the molecule is CCc1nn(C)cc1CNC(=O)c1nnc(N)s1. The Balaban J connectivity index is 2.01. The van der Waals surface area contributed by atoms with Crippen LogP contribution in [0.1, 0.15) is 28.0 Å². The van der Waals surface area contributed by atoms with E-state index < -0.39 is 0 Å². The second kappa shape index (κ2) is 5.13. The fraction of sp³-hybridized carbons (Fsp3) is 0.400. The second-order valence-electron chi connectivity index (χ2n) is 3.76. The van der Waals surface area contributed by atoms with Gasteiger partial charge in [0.15, 0.2) is 0 Å². The molecule has 0 unspecified atom stereocenters. The molecule has 0 bridgehead atoms. The molecule has 0 fully saturated rings. The summed E-state index contributed by atoms with van der Waals surface area (Å²) in [5, 5.41) is 14.9. The molecule has 0 atom stereocenters. The first-order valence-electron chi connectivity index (χ1n) is 5.48. The molecule has 8 heteroatoms. The highest BCUT2D eigenvalue weighted by molar-refractivity contribution is 7.16. The van der Waals surface area contributed by atoms with Crippen LogP contribution in [-0.2, 0) is 20.0 Å². The first-order valence-corrected chi connectivity index (χ1v) is 6.30. The Hall–Kier alpha value is -1.96. The first kappa shape index (κ1) is 12.5. The molecule has 0 aliphatic heterocycles. The molecule has 1 amide bonds. The standard InChI is InChI=1S/C10H14N6OS/c1-3-7-6(5-16(2)15-7)4-12-8(17)9-13-14-10(11)18-9/h5H,3-4H2,1-2H3,(H2,11,14)(H,12,17). The maximum Gasteiger partial charge on any atom is 0.282 e. The monoisotopic (exact) mass is 266 g/mol. The fourth-order valence-corrected chi connectivity index (χ4v) is 2.13. The van der Waals surface area contributed by atoms with Crippen molar-refractivity contribution in [3.8, 4) is 0 Å². The third-order valence-corrected chi connectivity index (χ3v) is 3.15. The van der Waals surface area contributed by atoms with Gasteiger partial charge in [0, 0.05) is 25.4 Å². The van der Waals surface area contributed by atoms with E-state index in [1.807, 2.05) is 20.2 Å². The average Bonchev–Trinajstić information content (AvgIpc) is 2.92. The van der Waals surface area contributed by atoms with Crippen molar-refractivity contribution in [1.29, 1.82) is 0 Å². The maximum absolute atomic E-state index is 11.8. The molecule has 2 aromatic heterocycles. The molecule has 7 nitrogen and oxygen atoms in total. The Kier molecular flexibility index (Phi) is 3.56. The van der Waals surface area contributed by atoms with Crippen LogP contribution in [0.4, 0.5) is 5.13 Å². The first-order chi connectivity index (χ1) is 8.60. The van der Waals surface area contributed by atoms with Crippen molar-refractivity contribution >= 4 is 22.4 Å². The minimum atomic E-state index is -0.268. The Morgan fingerprint density at radius 3 is 2.94 bits per heavy atom. The summed E-state index contributed by atoms with van der Waals surface area (Å²) < 4.78 is 1.74. The highest BCUT2D eigenvalue weighted by atomic mass is 32.1. The van der Waals surface area contributed by atoms with Crippen LogP contribution < -0.4 is 11.1 Å². The van der Waals surface area contributed by atoms with Gasteiger partial charge in [0.2, 0.25) is 10.1 Å². The normalized spacial score (nSPS) is 10.6. The van der Waals surface area contributed by atoms with Crippen molar-refractivity contribution in [2.24, 2.45) is 7.05 Å². The number of carbonyl (C=O) groups excluding carboxylic acids is 1. The molecule has 0 radical (unpaired) electrons. The molecule has 96 valence electrons. The van der Waals surface area contributed by atoms with E-state index in [-0.39, 0.29) is 16.0 Å². The zero-order chi connectivity index (χ0) is 13.1. The molecule has 0 aliphatic rings. The van der Waals surface area contributed by atoms with Gasteiger partial charge in [-0.3, -0.25) is 9.48 Å². The van der Waals surface area contributed by atoms with Gasteiger partial charge < -0.3 is 11.1 Å². The third kappa shape index (κ3) is 2.65. The van der Waals surface area contributed by atoms with Crippen LogP contribution in [0.3, 0.4) is 0 Å². The average molecular weight is 266 g/mol. The number of nitrogen functional groups attached to an aromatic ring is 1. The Morgan fingerprint density at radius 2 is 2.33 bits per heavy atom. The second-order valence-corrected chi connectivity index (χ2v) is 4.77. The fourth-order valence-electron chi connectivity index (χ4n) is 1.61. The number of aryl methyl sites for hydroxylation is 2. The van der Waals surface area contributed by atoms with Gasteiger partial charge in [0.1, 0.15) is 0 Å². The zero-order valence-electron chi connectivity index (χ0n) is 10.2. The molecule has 0 aromatic carbocycles. The Labute approximate surface area is 108 Å². The van der Waals surface area contributed by atoms with E-state index in [0.29, 0.717) is 6.54 Å². The van der Waals surface area contributed by atoms with E-state index in [1.165, 1.54) is 0 Å². The molecule has 0 saturated heterocycles. The summed E-state index contributed by atoms with van der Waals surface area (Å²) in [7, 11) is 1.86. The van der Waals surface area contributed by atoms with Gasteiger partial charge in [-0.05, 0) is 6.42 Å². The lowest BCUT2D eigenvalue weighted by atomic mass is 10.2. The van der Waals surface area contributed by atoms with E-state index in [4.69, 9.17) is 5.73 Å². The van der Waals surface area contributed by atoms with Crippen molar-refractivity contribution in [1.82, 2.24) is 25.3 Å². The minimum absolute atomic E-state index is 0.268. The van der Waals surface area contributed by atoms with Crippen LogP contribution in [0.15, 0.2) is 6.20 Å². The number of rotatable bonds is 4. The Bertz CT molecular complexity index is 560. The molecule has 2 rings (SSSR count). The van der Waals surface area contributed by atoms with Crippen LogP contribution >= 0.6 is 11.3 Å². The summed E-state index contributed by atoms with van der Waals surface area (Å²) >= 11 is 1.07. The zero-order valence-corrected chi connectivity index (χ0v) is 11.0. The topological polar surface area (TPSA) is 98.7 Å². The highest BCUT2D eigenvalue weighted by Gasteiger charge is 2.13. The lowest BCUT2D eigenvalue weighted by molar-refractivity contribution is 0.0949. The van der Waals surface area contributed by atoms with Gasteiger partial charge in [-0.15, -0.1) is 10.2 Å². The molecule has 0 spiro atoms. The lowest BCUT2D eigenvalue weighted by Gasteiger charge is -2.01. The quantitative estimate of drug-likeness (QED) is 0.831. The van der Waals surface area contributed by atoms with Gasteiger partial charge in [-0.2, -0.15) is 5.10 Å². The molecule has 3 N–H and O–H groups in total. The minimum Gasteiger partial charge on any atom is -0.374 e. The van der Waals surface area contributed by atoms with Crippen molar-refractivity contribution in [2.75, 3.05) is 5.73 Å². The van der Waals surface area contributed by atoms with Crippen molar-refractivity contribution in [3.63, 3.8) is 0 Å². The molecular formula is C10H14N6OS. The number of aromatic nitrogens is 4. The third-order valence-electron chi connectivity index (χ3n) is 2.40. The summed E-state index contributed by atoms with van der Waals surface area (Å²) in [6.07, 6.45) is 2.73. The Morgan fingerprint density at radius 1 is 1.56 bits per heavy atom. The van der Waals surface area contributed by atoms with Gasteiger partial charge in [0.05, 0.1) is 5.69 Å². The van der Waals surface area contributed by atoms with Crippen LogP contribution in [-0.4, -0.2) is 25.9 Å². The van der Waals surface area contributed by atoms with Gasteiger partial charge in [-0.25, -0.2) is 0 Å². The molecule has 2 heterocycles. The van der Waals surface area contributed by atoms with E-state index in [0.717, 1.165) is 29.0 Å². The number of hydrogen-bond acceptors (Lipinski definition) is 6. The maximum atomic E-state index is 11.8. The van der Waals surface area contributed by atoms with Crippen molar-refractivity contribution in [3.05, 3.63) is 22.5 Å². The van der Waals surface area contributed by atoms with E-state index >= 15 is 0 Å². The molecule has 0 saturated carbocycles. The lowest BCUT2D eigenvalue weighted by Crippen LogP contribution is -2.23. The van der Waals surface area contributed by atoms with Crippen molar-refractivity contribution < 1.29 is 4.79 Å². The number of amides is 1. The van der Waals surface area contributed by atoms with Crippen LogP contribution in [0.5, 0.6) is 0 Å². The summed E-state index contributed by atoms with van der Waals surface area (Å²) in [6, 6.07) is 0. The number of nitrogens with two attached hydrogens (primary N) is 1. The predicted molar refractivity (Wildman–Crippen MR) is 68.1 cm³/mol. The van der Waals surface area contributed by atoms with Crippen LogP contribution in [0.2, 0.25) is 0 Å². The summed E-state index contributed by atoms with van der Waals surface area (Å²) in [5.74, 6) is -0.268. The van der Waals surface area contributed by atoms with Gasteiger partial charge in [0.25, 0.3) is 5.91 Å². The number of anilines is 1. The van der Waals surface area contributed by atoms with Gasteiger partial charge >= 0.3 is 0 Å². The molecule has 2 aromatic rings. The number of nitrogens with zero attached hydrogens (tertiary/aromatic N) is 4. The van der Waals surface area contributed by atoms with Gasteiger partial charge in [-0.1, -0.05) is 18.3 Å². The van der Waals surface area contributed by atoms with Crippen molar-refractivity contribution in [2.45, 2.75) is 19.9 Å². The highest BCUT2D eigenvalue weighted by Crippen LogP contribution is 2.11. The number of hydrogen-bond donors (Lipinski definition) is 2. The van der Waals surface area contributed by atoms with E-state index in [1.54, 1.807) is 4.68 Å². The molecular weight excluding hydrogens is 252 g/mol. The summed E-state index contributed by atoms with van der Waals surface area (Å²) in [4.78, 5) is 11.8. The number of nitrogens with one attached hydrogen (secondary N) is 1. The van der Waals surface area contributed by atoms with E-state index in [9.17, 15) is 4.79 Å². The van der Waals surface area contributed by atoms with Crippen LogP contribution in [0.25, 0.3) is 0 Å². The largest absolute Gasteiger partial charge is 0.374 e. The summed E-state index contributed by atoms with van der Waals surface area (Å²) in [5.41, 5.74) is 7.41. The smallest absolute Gasteiger partial charge is 0.282 e. The molecule has 18 heavy (non-hydrogen) atoms. The summed E-state index contributed by atoms with van der Waals surface area (Å²) in [6.45, 7) is 2.45.